The van der Waals surface area contributed by atoms with E-state index in [4.69, 9.17) is 9.47 Å². The zero-order valence-corrected chi connectivity index (χ0v) is 15.0. The van der Waals surface area contributed by atoms with Crippen molar-refractivity contribution < 1.29 is 19.1 Å². The number of esters is 2. The van der Waals surface area contributed by atoms with E-state index < -0.39 is 11.9 Å². The quantitative estimate of drug-likeness (QED) is 0.339. The lowest BCUT2D eigenvalue weighted by Gasteiger charge is -2.08. The normalized spacial score (nSPS) is 9.92. The van der Waals surface area contributed by atoms with Crippen molar-refractivity contribution in [3.05, 3.63) is 77.5 Å². The van der Waals surface area contributed by atoms with Crippen molar-refractivity contribution in [3.8, 4) is 0 Å². The highest BCUT2D eigenvalue weighted by Crippen LogP contribution is 2.14. The molecule has 0 aliphatic carbocycles. The van der Waals surface area contributed by atoms with Crippen molar-refractivity contribution in [1.82, 2.24) is 0 Å². The smallest absolute Gasteiger partial charge is 0.347 e. The Bertz CT molecular complexity index is 731. The van der Waals surface area contributed by atoms with Crippen molar-refractivity contribution in [3.63, 3.8) is 0 Å². The highest BCUT2D eigenvalue weighted by Gasteiger charge is 2.20. The number of anilines is 1. The molecule has 2 aromatic carbocycles. The molecule has 0 aliphatic rings. The van der Waals surface area contributed by atoms with Gasteiger partial charge < -0.3 is 14.8 Å². The first-order valence-electron chi connectivity index (χ1n) is 8.57. The average molecular weight is 353 g/mol. The summed E-state index contributed by atoms with van der Waals surface area (Å²) in [6, 6.07) is 18.0. The first kappa shape index (κ1) is 19.2. The molecule has 2 aromatic rings. The van der Waals surface area contributed by atoms with Crippen molar-refractivity contribution in [2.45, 2.75) is 20.3 Å². The van der Waals surface area contributed by atoms with Gasteiger partial charge in [0.1, 0.15) is 0 Å². The molecule has 0 heterocycles. The molecule has 26 heavy (non-hydrogen) atoms. The molecule has 0 unspecified atom stereocenters. The van der Waals surface area contributed by atoms with Gasteiger partial charge in [-0.25, -0.2) is 9.59 Å². The molecule has 2 rings (SSSR count). The Morgan fingerprint density at radius 1 is 0.846 bits per heavy atom. The van der Waals surface area contributed by atoms with Gasteiger partial charge in [-0.15, -0.1) is 0 Å². The molecule has 0 saturated carbocycles. The van der Waals surface area contributed by atoms with Crippen LogP contribution in [0.4, 0.5) is 5.69 Å². The van der Waals surface area contributed by atoms with Crippen LogP contribution in [0.2, 0.25) is 0 Å². The Morgan fingerprint density at radius 3 is 1.92 bits per heavy atom. The minimum absolute atomic E-state index is 0.165. The van der Waals surface area contributed by atoms with Crippen molar-refractivity contribution >= 4 is 17.6 Å². The standard InChI is InChI=1S/C21H23NO4/c1-3-25-20(23)19(21(24)26-4-2)15-22-18-12-10-17(11-13-18)14-16-8-6-5-7-9-16/h5-13,15,22H,3-4,14H2,1-2H3. The van der Waals surface area contributed by atoms with Crippen LogP contribution >= 0.6 is 0 Å². The Hall–Kier alpha value is -3.08. The van der Waals surface area contributed by atoms with Gasteiger partial charge in [0.2, 0.25) is 0 Å². The van der Waals surface area contributed by atoms with E-state index in [2.05, 4.69) is 17.4 Å². The van der Waals surface area contributed by atoms with E-state index >= 15 is 0 Å². The highest BCUT2D eigenvalue weighted by molar-refractivity contribution is 6.14. The van der Waals surface area contributed by atoms with Gasteiger partial charge in [0.15, 0.2) is 5.57 Å². The molecule has 0 bridgehead atoms. The lowest BCUT2D eigenvalue weighted by Crippen LogP contribution is -2.19. The minimum Gasteiger partial charge on any atom is -0.462 e. The summed E-state index contributed by atoms with van der Waals surface area (Å²) in [5.74, 6) is -1.42. The molecule has 0 spiro atoms. The number of carbonyl (C=O) groups is 2. The molecule has 5 nitrogen and oxygen atoms in total. The van der Waals surface area contributed by atoms with Crippen molar-refractivity contribution in [2.75, 3.05) is 18.5 Å². The number of rotatable bonds is 8. The second-order valence-electron chi connectivity index (χ2n) is 5.50. The summed E-state index contributed by atoms with van der Waals surface area (Å²) in [5.41, 5.74) is 3.00. The molecule has 0 atom stereocenters. The van der Waals surface area contributed by atoms with E-state index in [0.29, 0.717) is 0 Å². The van der Waals surface area contributed by atoms with E-state index in [-0.39, 0.29) is 18.8 Å². The lowest BCUT2D eigenvalue weighted by atomic mass is 10.0. The van der Waals surface area contributed by atoms with Gasteiger partial charge >= 0.3 is 11.9 Å². The van der Waals surface area contributed by atoms with Crippen molar-refractivity contribution in [1.29, 1.82) is 0 Å². The average Bonchev–Trinajstić information content (AvgIpc) is 2.64. The number of hydrogen-bond donors (Lipinski definition) is 1. The van der Waals surface area contributed by atoms with Crippen LogP contribution in [0.1, 0.15) is 25.0 Å². The van der Waals surface area contributed by atoms with Gasteiger partial charge in [-0.3, -0.25) is 0 Å². The topological polar surface area (TPSA) is 64.6 Å². The molecule has 136 valence electrons. The van der Waals surface area contributed by atoms with E-state index in [0.717, 1.165) is 12.1 Å². The third-order valence-corrected chi connectivity index (χ3v) is 3.58. The fourth-order valence-corrected chi connectivity index (χ4v) is 2.32. The maximum atomic E-state index is 11.9. The van der Waals surface area contributed by atoms with E-state index in [1.165, 1.54) is 17.3 Å². The Kier molecular flexibility index (Phi) is 7.43. The first-order chi connectivity index (χ1) is 12.6. The van der Waals surface area contributed by atoms with Crippen LogP contribution in [0.25, 0.3) is 0 Å². The number of nitrogens with one attached hydrogen (secondary N) is 1. The van der Waals surface area contributed by atoms with Gasteiger partial charge in [-0.05, 0) is 43.5 Å². The van der Waals surface area contributed by atoms with Gasteiger partial charge in [0.05, 0.1) is 13.2 Å². The van der Waals surface area contributed by atoms with Crippen LogP contribution in [0, 0.1) is 0 Å². The van der Waals surface area contributed by atoms with Crippen LogP contribution in [-0.4, -0.2) is 25.2 Å². The van der Waals surface area contributed by atoms with E-state index in [9.17, 15) is 9.59 Å². The zero-order valence-electron chi connectivity index (χ0n) is 15.0. The third kappa shape index (κ3) is 5.77. The molecule has 0 aliphatic heterocycles. The number of ether oxygens (including phenoxy) is 2. The number of carbonyl (C=O) groups excluding carboxylic acids is 2. The van der Waals surface area contributed by atoms with Crippen LogP contribution in [0.15, 0.2) is 66.4 Å². The lowest BCUT2D eigenvalue weighted by molar-refractivity contribution is -0.146. The van der Waals surface area contributed by atoms with Crippen LogP contribution in [0.5, 0.6) is 0 Å². The van der Waals surface area contributed by atoms with Crippen LogP contribution < -0.4 is 5.32 Å². The second kappa shape index (κ2) is 10.0. The number of hydrogen-bond acceptors (Lipinski definition) is 5. The highest BCUT2D eigenvalue weighted by atomic mass is 16.6. The summed E-state index contributed by atoms with van der Waals surface area (Å²) in [6.07, 6.45) is 2.16. The molecule has 0 saturated heterocycles. The Labute approximate surface area is 153 Å². The molecular formula is C21H23NO4. The fourth-order valence-electron chi connectivity index (χ4n) is 2.32. The van der Waals surface area contributed by atoms with Gasteiger partial charge in [0, 0.05) is 11.9 Å². The maximum absolute atomic E-state index is 11.9. The maximum Gasteiger partial charge on any atom is 0.347 e. The molecule has 0 radical (unpaired) electrons. The SMILES string of the molecule is CCOC(=O)C(=CNc1ccc(Cc2ccccc2)cc1)C(=O)OCC. The monoisotopic (exact) mass is 353 g/mol. The molecule has 0 aromatic heterocycles. The zero-order chi connectivity index (χ0) is 18.8. The largest absolute Gasteiger partial charge is 0.462 e. The fraction of sp³-hybridized carbons (Fsp3) is 0.238. The summed E-state index contributed by atoms with van der Waals surface area (Å²) in [5, 5.41) is 2.95. The Morgan fingerprint density at radius 2 is 1.38 bits per heavy atom. The van der Waals surface area contributed by atoms with E-state index in [1.807, 2.05) is 42.5 Å². The summed E-state index contributed by atoms with van der Waals surface area (Å²) < 4.78 is 9.79. The molecule has 1 N–H and O–H groups in total. The van der Waals surface area contributed by atoms with Crippen molar-refractivity contribution in [2.24, 2.45) is 0 Å². The minimum atomic E-state index is -0.709. The van der Waals surface area contributed by atoms with E-state index in [1.54, 1.807) is 13.8 Å². The summed E-state index contributed by atoms with van der Waals surface area (Å²) in [6.45, 7) is 3.73. The molecule has 5 heteroatoms. The predicted octanol–water partition coefficient (Wildman–Crippen LogP) is 3.70. The first-order valence-corrected chi connectivity index (χ1v) is 8.57. The van der Waals surface area contributed by atoms with Crippen LogP contribution in [0.3, 0.4) is 0 Å². The summed E-state index contributed by atoms with van der Waals surface area (Å²) >= 11 is 0. The van der Waals surface area contributed by atoms with Gasteiger partial charge in [-0.2, -0.15) is 0 Å². The third-order valence-electron chi connectivity index (χ3n) is 3.58. The van der Waals surface area contributed by atoms with Crippen LogP contribution in [-0.2, 0) is 25.5 Å². The number of benzene rings is 2. The molecule has 0 amide bonds. The second-order valence-corrected chi connectivity index (χ2v) is 5.50. The van der Waals surface area contributed by atoms with Gasteiger partial charge in [-0.1, -0.05) is 42.5 Å². The summed E-state index contributed by atoms with van der Waals surface area (Å²) in [4.78, 5) is 23.8. The Balaban J connectivity index is 2.06. The van der Waals surface area contributed by atoms with Gasteiger partial charge in [0.25, 0.3) is 0 Å². The summed E-state index contributed by atoms with van der Waals surface area (Å²) in [7, 11) is 0. The molecule has 0 fully saturated rings. The molecular weight excluding hydrogens is 330 g/mol. The predicted molar refractivity (Wildman–Crippen MR) is 101 cm³/mol.